The number of rotatable bonds is 2. The van der Waals surface area contributed by atoms with E-state index in [4.69, 9.17) is 14.7 Å². The first kappa shape index (κ1) is 14.8. The molecule has 2 aromatic rings. The van der Waals surface area contributed by atoms with Crippen molar-refractivity contribution in [2.45, 2.75) is 25.3 Å². The number of nitrogens with zero attached hydrogens (tertiary/aromatic N) is 3. The van der Waals surface area contributed by atoms with Gasteiger partial charge in [-0.05, 0) is 42.7 Å². The van der Waals surface area contributed by atoms with Crippen LogP contribution >= 0.6 is 0 Å². The fraction of sp³-hybridized carbons (Fsp3) is 0.368. The first-order valence-corrected chi connectivity index (χ1v) is 8.37. The molecule has 1 saturated heterocycles. The van der Waals surface area contributed by atoms with Crippen LogP contribution in [0.5, 0.6) is 11.5 Å². The molecule has 5 heteroatoms. The molecule has 0 saturated carbocycles. The predicted molar refractivity (Wildman–Crippen MR) is 90.3 cm³/mol. The third-order valence-corrected chi connectivity index (χ3v) is 4.58. The summed E-state index contributed by atoms with van der Waals surface area (Å²) in [6.45, 7) is 2.37. The fourth-order valence-electron chi connectivity index (χ4n) is 3.40. The number of aromatic nitrogens is 1. The molecule has 1 aromatic heterocycles. The Balaban J connectivity index is 1.62. The van der Waals surface area contributed by atoms with Crippen LogP contribution in [0.3, 0.4) is 0 Å². The molecule has 0 amide bonds. The number of pyridine rings is 1. The number of hydrogen-bond acceptors (Lipinski definition) is 5. The van der Waals surface area contributed by atoms with Crippen molar-refractivity contribution < 1.29 is 9.47 Å². The summed E-state index contributed by atoms with van der Waals surface area (Å²) in [5.74, 6) is 2.59. The minimum atomic E-state index is 0.280. The molecule has 0 bridgehead atoms. The van der Waals surface area contributed by atoms with Gasteiger partial charge in [0.05, 0.1) is 24.8 Å². The van der Waals surface area contributed by atoms with Crippen LogP contribution in [-0.2, 0) is 0 Å². The summed E-state index contributed by atoms with van der Waals surface area (Å²) in [7, 11) is 0. The second kappa shape index (κ2) is 6.40. The van der Waals surface area contributed by atoms with Crippen LogP contribution in [-0.4, -0.2) is 24.7 Å². The average molecular weight is 321 g/mol. The van der Waals surface area contributed by atoms with E-state index < -0.39 is 0 Å². The summed E-state index contributed by atoms with van der Waals surface area (Å²) in [4.78, 5) is 6.76. The van der Waals surface area contributed by atoms with Gasteiger partial charge in [-0.3, -0.25) is 0 Å². The Labute approximate surface area is 141 Å². The average Bonchev–Trinajstić information content (AvgIpc) is 3.00. The van der Waals surface area contributed by atoms with Crippen molar-refractivity contribution >= 4 is 5.82 Å². The van der Waals surface area contributed by atoms with Gasteiger partial charge in [0.25, 0.3) is 0 Å². The summed E-state index contributed by atoms with van der Waals surface area (Å²) in [6, 6.07) is 12.4. The van der Waals surface area contributed by atoms with Gasteiger partial charge >= 0.3 is 0 Å². The van der Waals surface area contributed by atoms with Gasteiger partial charge in [0.15, 0.2) is 11.5 Å². The predicted octanol–water partition coefficient (Wildman–Crippen LogP) is 3.46. The maximum atomic E-state index is 8.93. The Kier molecular flexibility index (Phi) is 3.96. The largest absolute Gasteiger partial charge is 0.490 e. The molecule has 1 fully saturated rings. The number of fused-ring (bicyclic) bond motifs is 1. The number of hydrogen-bond donors (Lipinski definition) is 0. The topological polar surface area (TPSA) is 58.4 Å². The lowest BCUT2D eigenvalue weighted by Gasteiger charge is -2.26. The van der Waals surface area contributed by atoms with Crippen LogP contribution in [0.15, 0.2) is 36.5 Å². The van der Waals surface area contributed by atoms with Crippen molar-refractivity contribution in [3.8, 4) is 17.6 Å². The molecule has 0 radical (unpaired) electrons. The standard InChI is InChI=1S/C19H19N3O2/c20-12-14-4-7-19(21-13-14)22-8-1-3-16(22)15-5-6-17-18(11-15)24-10-2-9-23-17/h4-7,11,13,16H,1-3,8-10H2. The van der Waals surface area contributed by atoms with Gasteiger partial charge in [0.2, 0.25) is 0 Å². The van der Waals surface area contributed by atoms with Gasteiger partial charge in [-0.1, -0.05) is 6.07 Å². The summed E-state index contributed by atoms with van der Waals surface area (Å²) in [5, 5.41) is 8.93. The molecular formula is C19H19N3O2. The molecule has 4 rings (SSSR count). The Hall–Kier alpha value is -2.74. The Morgan fingerprint density at radius 3 is 2.75 bits per heavy atom. The first-order chi connectivity index (χ1) is 11.8. The minimum Gasteiger partial charge on any atom is -0.490 e. The van der Waals surface area contributed by atoms with Crippen molar-refractivity contribution in [1.29, 1.82) is 5.26 Å². The van der Waals surface area contributed by atoms with Crippen LogP contribution in [0.25, 0.3) is 0 Å². The van der Waals surface area contributed by atoms with E-state index in [1.54, 1.807) is 6.20 Å². The van der Waals surface area contributed by atoms with E-state index in [-0.39, 0.29) is 6.04 Å². The molecule has 122 valence electrons. The zero-order valence-electron chi connectivity index (χ0n) is 13.4. The molecule has 2 aliphatic heterocycles. The van der Waals surface area contributed by atoms with E-state index in [1.807, 2.05) is 18.2 Å². The van der Waals surface area contributed by atoms with E-state index >= 15 is 0 Å². The lowest BCUT2D eigenvalue weighted by Crippen LogP contribution is -2.23. The van der Waals surface area contributed by atoms with Crippen molar-refractivity contribution in [2.24, 2.45) is 0 Å². The number of ether oxygens (including phenoxy) is 2. The van der Waals surface area contributed by atoms with Crippen LogP contribution < -0.4 is 14.4 Å². The first-order valence-electron chi connectivity index (χ1n) is 8.37. The van der Waals surface area contributed by atoms with Crippen molar-refractivity contribution in [3.63, 3.8) is 0 Å². The highest BCUT2D eigenvalue weighted by molar-refractivity contribution is 5.50. The van der Waals surface area contributed by atoms with Crippen LogP contribution in [0, 0.1) is 11.3 Å². The molecule has 0 spiro atoms. The quantitative estimate of drug-likeness (QED) is 0.848. The highest BCUT2D eigenvalue weighted by Crippen LogP contribution is 2.39. The lowest BCUT2D eigenvalue weighted by molar-refractivity contribution is 0.297. The summed E-state index contributed by atoms with van der Waals surface area (Å²) in [5.41, 5.74) is 1.81. The smallest absolute Gasteiger partial charge is 0.161 e. The highest BCUT2D eigenvalue weighted by Gasteiger charge is 2.28. The van der Waals surface area contributed by atoms with Crippen molar-refractivity contribution in [3.05, 3.63) is 47.7 Å². The number of benzene rings is 1. The maximum Gasteiger partial charge on any atom is 0.161 e. The van der Waals surface area contributed by atoms with Crippen LogP contribution in [0.1, 0.15) is 36.4 Å². The SMILES string of the molecule is N#Cc1ccc(N2CCCC2c2ccc3c(c2)OCCCO3)nc1. The third-order valence-electron chi connectivity index (χ3n) is 4.58. The van der Waals surface area contributed by atoms with Crippen LogP contribution in [0.2, 0.25) is 0 Å². The summed E-state index contributed by atoms with van der Waals surface area (Å²) < 4.78 is 11.5. The van der Waals surface area contributed by atoms with E-state index in [2.05, 4.69) is 28.1 Å². The van der Waals surface area contributed by atoms with Gasteiger partial charge in [-0.2, -0.15) is 5.26 Å². The molecule has 0 aliphatic carbocycles. The molecule has 1 aromatic carbocycles. The highest BCUT2D eigenvalue weighted by atomic mass is 16.5. The maximum absolute atomic E-state index is 8.93. The van der Waals surface area contributed by atoms with Crippen molar-refractivity contribution in [2.75, 3.05) is 24.7 Å². The van der Waals surface area contributed by atoms with E-state index in [9.17, 15) is 0 Å². The van der Waals surface area contributed by atoms with Gasteiger partial charge in [-0.15, -0.1) is 0 Å². The molecule has 1 unspecified atom stereocenters. The number of nitriles is 1. The van der Waals surface area contributed by atoms with Gasteiger partial charge in [-0.25, -0.2) is 4.98 Å². The Morgan fingerprint density at radius 2 is 1.96 bits per heavy atom. The van der Waals surface area contributed by atoms with E-state index in [0.717, 1.165) is 43.1 Å². The van der Waals surface area contributed by atoms with Gasteiger partial charge < -0.3 is 14.4 Å². The second-order valence-electron chi connectivity index (χ2n) is 6.12. The zero-order chi connectivity index (χ0) is 16.4. The van der Waals surface area contributed by atoms with Crippen molar-refractivity contribution in [1.82, 2.24) is 4.98 Å². The Morgan fingerprint density at radius 1 is 1.08 bits per heavy atom. The fourth-order valence-corrected chi connectivity index (χ4v) is 3.40. The molecule has 0 N–H and O–H groups in total. The minimum absolute atomic E-state index is 0.280. The molecule has 3 heterocycles. The molecule has 1 atom stereocenters. The van der Waals surface area contributed by atoms with Gasteiger partial charge in [0, 0.05) is 19.2 Å². The number of anilines is 1. The monoisotopic (exact) mass is 321 g/mol. The third kappa shape index (κ3) is 2.76. The second-order valence-corrected chi connectivity index (χ2v) is 6.12. The Bertz CT molecular complexity index is 767. The summed E-state index contributed by atoms with van der Waals surface area (Å²) in [6.07, 6.45) is 4.76. The molecule has 2 aliphatic rings. The normalized spacial score (nSPS) is 19.6. The van der Waals surface area contributed by atoms with E-state index in [1.165, 1.54) is 5.56 Å². The van der Waals surface area contributed by atoms with Gasteiger partial charge in [0.1, 0.15) is 11.9 Å². The molecule has 5 nitrogen and oxygen atoms in total. The molecule has 24 heavy (non-hydrogen) atoms. The zero-order valence-corrected chi connectivity index (χ0v) is 13.4. The summed E-state index contributed by atoms with van der Waals surface area (Å²) >= 11 is 0. The lowest BCUT2D eigenvalue weighted by atomic mass is 10.0. The van der Waals surface area contributed by atoms with E-state index in [0.29, 0.717) is 18.8 Å². The molecular weight excluding hydrogens is 302 g/mol. The van der Waals surface area contributed by atoms with Crippen LogP contribution in [0.4, 0.5) is 5.82 Å².